The van der Waals surface area contributed by atoms with E-state index in [1.54, 1.807) is 12.2 Å². The van der Waals surface area contributed by atoms with Gasteiger partial charge in [0.2, 0.25) is 5.91 Å². The highest BCUT2D eigenvalue weighted by Crippen LogP contribution is 2.28. The summed E-state index contributed by atoms with van der Waals surface area (Å²) in [5, 5.41) is 11.8. The number of anilines is 1. The summed E-state index contributed by atoms with van der Waals surface area (Å²) in [7, 11) is 0. The van der Waals surface area contributed by atoms with Gasteiger partial charge in [-0.25, -0.2) is 4.39 Å². The number of carboxylic acids is 1. The summed E-state index contributed by atoms with van der Waals surface area (Å²) >= 11 is 5.70. The van der Waals surface area contributed by atoms with E-state index >= 15 is 0 Å². The van der Waals surface area contributed by atoms with Crippen LogP contribution in [0.25, 0.3) is 0 Å². The Labute approximate surface area is 120 Å². The van der Waals surface area contributed by atoms with Crippen molar-refractivity contribution in [2.75, 3.05) is 5.32 Å². The van der Waals surface area contributed by atoms with Crippen LogP contribution < -0.4 is 5.32 Å². The minimum Gasteiger partial charge on any atom is -0.481 e. The van der Waals surface area contributed by atoms with Crippen molar-refractivity contribution in [2.45, 2.75) is 12.8 Å². The maximum atomic E-state index is 13.2. The van der Waals surface area contributed by atoms with Crippen molar-refractivity contribution in [3.8, 4) is 0 Å². The van der Waals surface area contributed by atoms with E-state index in [4.69, 9.17) is 16.7 Å². The van der Waals surface area contributed by atoms with Gasteiger partial charge in [0.1, 0.15) is 5.82 Å². The summed E-state index contributed by atoms with van der Waals surface area (Å²) in [5.41, 5.74) is 0.221. The number of halogens is 2. The van der Waals surface area contributed by atoms with Gasteiger partial charge in [0, 0.05) is 10.7 Å². The van der Waals surface area contributed by atoms with Crippen LogP contribution in [0, 0.1) is 17.7 Å². The summed E-state index contributed by atoms with van der Waals surface area (Å²) in [6, 6.07) is 3.68. The number of nitrogens with one attached hydrogen (secondary N) is 1. The van der Waals surface area contributed by atoms with Crippen molar-refractivity contribution in [1.82, 2.24) is 0 Å². The van der Waals surface area contributed by atoms with Crippen LogP contribution in [-0.2, 0) is 9.59 Å². The average molecular weight is 298 g/mol. The molecule has 1 aromatic rings. The SMILES string of the molecule is O=C(O)C1CC=CCC1C(=O)Nc1cc(F)cc(Cl)c1. The van der Waals surface area contributed by atoms with Gasteiger partial charge in [0.15, 0.2) is 0 Å². The highest BCUT2D eigenvalue weighted by Gasteiger charge is 2.33. The maximum absolute atomic E-state index is 13.2. The third-order valence-corrected chi connectivity index (χ3v) is 3.43. The molecule has 2 unspecified atom stereocenters. The molecule has 2 rings (SSSR count). The highest BCUT2D eigenvalue weighted by molar-refractivity contribution is 6.30. The molecule has 106 valence electrons. The zero-order chi connectivity index (χ0) is 14.7. The number of rotatable bonds is 3. The van der Waals surface area contributed by atoms with Crippen LogP contribution in [0.4, 0.5) is 10.1 Å². The number of amides is 1. The fraction of sp³-hybridized carbons (Fsp3) is 0.286. The van der Waals surface area contributed by atoms with Crippen LogP contribution in [0.3, 0.4) is 0 Å². The van der Waals surface area contributed by atoms with E-state index in [0.29, 0.717) is 12.8 Å². The predicted octanol–water partition coefficient (Wildman–Crippen LogP) is 3.08. The van der Waals surface area contributed by atoms with Crippen LogP contribution in [0.15, 0.2) is 30.4 Å². The second-order valence-corrected chi connectivity index (χ2v) is 5.08. The van der Waals surface area contributed by atoms with Crippen LogP contribution in [0.1, 0.15) is 12.8 Å². The smallest absolute Gasteiger partial charge is 0.307 e. The highest BCUT2D eigenvalue weighted by atomic mass is 35.5. The molecule has 1 aliphatic rings. The molecule has 20 heavy (non-hydrogen) atoms. The monoisotopic (exact) mass is 297 g/mol. The van der Waals surface area contributed by atoms with Crippen molar-refractivity contribution in [3.05, 3.63) is 41.2 Å². The van der Waals surface area contributed by atoms with E-state index in [1.807, 2.05) is 0 Å². The Bertz CT molecular complexity index is 553. The molecule has 0 spiro atoms. The lowest BCUT2D eigenvalue weighted by molar-refractivity contribution is -0.146. The van der Waals surface area contributed by atoms with Gasteiger partial charge < -0.3 is 10.4 Å². The van der Waals surface area contributed by atoms with Crippen molar-refractivity contribution in [3.63, 3.8) is 0 Å². The van der Waals surface area contributed by atoms with Crippen LogP contribution >= 0.6 is 11.6 Å². The zero-order valence-electron chi connectivity index (χ0n) is 10.5. The molecule has 0 fully saturated rings. The van der Waals surface area contributed by atoms with Gasteiger partial charge in [-0.2, -0.15) is 0 Å². The maximum Gasteiger partial charge on any atom is 0.307 e. The number of aliphatic carboxylic acids is 1. The lowest BCUT2D eigenvalue weighted by Gasteiger charge is -2.24. The summed E-state index contributed by atoms with van der Waals surface area (Å²) in [6.45, 7) is 0. The van der Waals surface area contributed by atoms with Crippen LogP contribution in [0.5, 0.6) is 0 Å². The second-order valence-electron chi connectivity index (χ2n) is 4.64. The Morgan fingerprint density at radius 3 is 2.45 bits per heavy atom. The number of carbonyl (C=O) groups excluding carboxylic acids is 1. The third-order valence-electron chi connectivity index (χ3n) is 3.22. The zero-order valence-corrected chi connectivity index (χ0v) is 11.2. The summed E-state index contributed by atoms with van der Waals surface area (Å²) in [4.78, 5) is 23.3. The quantitative estimate of drug-likeness (QED) is 0.843. The molecule has 0 bridgehead atoms. The Kier molecular flexibility index (Phi) is 4.39. The standard InChI is InChI=1S/C14H13ClFNO3/c15-8-5-9(16)7-10(6-8)17-13(18)11-3-1-2-4-12(11)14(19)20/h1-2,5-7,11-12H,3-4H2,(H,17,18)(H,19,20). The largest absolute Gasteiger partial charge is 0.481 e. The number of carboxylic acid groups (broad SMARTS) is 1. The van der Waals surface area contributed by atoms with Crippen molar-refractivity contribution in [2.24, 2.45) is 11.8 Å². The van der Waals surface area contributed by atoms with Gasteiger partial charge in [0.05, 0.1) is 11.8 Å². The molecule has 0 saturated heterocycles. The Morgan fingerprint density at radius 2 is 1.85 bits per heavy atom. The van der Waals surface area contributed by atoms with E-state index in [-0.39, 0.29) is 10.7 Å². The van der Waals surface area contributed by atoms with E-state index in [9.17, 15) is 14.0 Å². The van der Waals surface area contributed by atoms with Gasteiger partial charge in [-0.3, -0.25) is 9.59 Å². The van der Waals surface area contributed by atoms with Gasteiger partial charge in [-0.05, 0) is 31.0 Å². The number of benzene rings is 1. The molecule has 2 atom stereocenters. The fourth-order valence-electron chi connectivity index (χ4n) is 2.24. The molecule has 1 amide bonds. The molecule has 6 heteroatoms. The first kappa shape index (κ1) is 14.5. The molecular weight excluding hydrogens is 285 g/mol. The minimum absolute atomic E-state index is 0.165. The molecular formula is C14H13ClFNO3. The predicted molar refractivity (Wildman–Crippen MR) is 73.0 cm³/mol. The molecule has 0 heterocycles. The number of hydrogen-bond acceptors (Lipinski definition) is 2. The Hall–Kier alpha value is -1.88. The molecule has 0 saturated carbocycles. The van der Waals surface area contributed by atoms with Crippen LogP contribution in [0.2, 0.25) is 5.02 Å². The van der Waals surface area contributed by atoms with E-state index in [1.165, 1.54) is 6.07 Å². The molecule has 4 nitrogen and oxygen atoms in total. The Morgan fingerprint density at radius 1 is 1.20 bits per heavy atom. The molecule has 0 aliphatic heterocycles. The molecule has 0 radical (unpaired) electrons. The van der Waals surface area contributed by atoms with E-state index < -0.39 is 29.5 Å². The van der Waals surface area contributed by atoms with Crippen molar-refractivity contribution in [1.29, 1.82) is 0 Å². The summed E-state index contributed by atoms with van der Waals surface area (Å²) in [6.07, 6.45) is 4.20. The van der Waals surface area contributed by atoms with Crippen LogP contribution in [-0.4, -0.2) is 17.0 Å². The number of carbonyl (C=O) groups is 2. The summed E-state index contributed by atoms with van der Waals surface area (Å²) in [5.74, 6) is -3.44. The number of hydrogen-bond donors (Lipinski definition) is 2. The van der Waals surface area contributed by atoms with Gasteiger partial charge in [0.25, 0.3) is 0 Å². The lowest BCUT2D eigenvalue weighted by Crippen LogP contribution is -2.34. The van der Waals surface area contributed by atoms with Gasteiger partial charge >= 0.3 is 5.97 Å². The molecule has 0 aromatic heterocycles. The number of allylic oxidation sites excluding steroid dienone is 2. The van der Waals surface area contributed by atoms with Gasteiger partial charge in [-0.1, -0.05) is 23.8 Å². The average Bonchev–Trinajstić information content (AvgIpc) is 2.37. The van der Waals surface area contributed by atoms with E-state index in [0.717, 1.165) is 12.1 Å². The van der Waals surface area contributed by atoms with E-state index in [2.05, 4.69) is 5.32 Å². The minimum atomic E-state index is -1.01. The molecule has 1 aromatic carbocycles. The topological polar surface area (TPSA) is 66.4 Å². The second kappa shape index (κ2) is 6.05. The first-order valence-corrected chi connectivity index (χ1v) is 6.50. The normalized spacial score (nSPS) is 21.5. The Balaban J connectivity index is 2.14. The molecule has 2 N–H and O–H groups in total. The van der Waals surface area contributed by atoms with Gasteiger partial charge in [-0.15, -0.1) is 0 Å². The third kappa shape index (κ3) is 3.36. The first-order chi connectivity index (χ1) is 9.47. The fourth-order valence-corrected chi connectivity index (χ4v) is 2.46. The first-order valence-electron chi connectivity index (χ1n) is 6.12. The van der Waals surface area contributed by atoms with Crippen molar-refractivity contribution >= 4 is 29.2 Å². The lowest BCUT2D eigenvalue weighted by atomic mass is 9.82. The molecule has 1 aliphatic carbocycles. The summed E-state index contributed by atoms with van der Waals surface area (Å²) < 4.78 is 13.2. The van der Waals surface area contributed by atoms with Crippen molar-refractivity contribution < 1.29 is 19.1 Å².